The van der Waals surface area contributed by atoms with Crippen LogP contribution in [0.2, 0.25) is 0 Å². The topological polar surface area (TPSA) is 34.1 Å². The summed E-state index contributed by atoms with van der Waals surface area (Å²) in [6.07, 6.45) is 13.3. The molecule has 20 heavy (non-hydrogen) atoms. The van der Waals surface area contributed by atoms with Gasteiger partial charge in [-0.3, -0.25) is 0 Å². The fourth-order valence-electron chi connectivity index (χ4n) is 2.84. The monoisotopic (exact) mass is 274 g/mol. The number of aromatic nitrogens is 1. The highest BCUT2D eigenvalue weighted by Crippen LogP contribution is 2.21. The van der Waals surface area contributed by atoms with Gasteiger partial charge in [0.25, 0.3) is 0 Å². The van der Waals surface area contributed by atoms with Crippen molar-refractivity contribution in [2.24, 2.45) is 0 Å². The lowest BCUT2D eigenvalue weighted by Gasteiger charge is -2.22. The number of methoxy groups -OCH3 is 1. The van der Waals surface area contributed by atoms with E-state index < -0.39 is 0 Å². The molecule has 0 aromatic carbocycles. The number of nitrogens with zero attached hydrogens (tertiary/aromatic N) is 1. The van der Waals surface area contributed by atoms with E-state index in [1.807, 2.05) is 12.3 Å². The molecular formula is C17H26N2O. The van der Waals surface area contributed by atoms with Crippen molar-refractivity contribution >= 4 is 0 Å². The average Bonchev–Trinajstić information content (AvgIpc) is 2.46. The van der Waals surface area contributed by atoms with Gasteiger partial charge >= 0.3 is 0 Å². The Morgan fingerprint density at radius 3 is 2.80 bits per heavy atom. The molecule has 0 fully saturated rings. The quantitative estimate of drug-likeness (QED) is 0.834. The van der Waals surface area contributed by atoms with E-state index in [0.29, 0.717) is 11.9 Å². The summed E-state index contributed by atoms with van der Waals surface area (Å²) >= 11 is 0. The molecule has 1 atom stereocenters. The number of allylic oxidation sites excluding steroid dienone is 1. The first-order valence-corrected chi connectivity index (χ1v) is 7.68. The molecule has 0 amide bonds. The van der Waals surface area contributed by atoms with E-state index in [2.05, 4.69) is 29.5 Å². The fraction of sp³-hybridized carbons (Fsp3) is 0.588. The standard InChI is InChI=1S/C17H26N2O/c1-18-16(15-8-6-4-3-5-7-9-15)12-14-10-11-17(20-2)19-13-14/h8,10-11,13,16,18H,3-7,9,12H2,1-2H3/b15-8+. The third-order valence-electron chi connectivity index (χ3n) is 4.07. The van der Waals surface area contributed by atoms with Crippen LogP contribution < -0.4 is 10.1 Å². The Bertz CT molecular complexity index is 425. The predicted molar refractivity (Wildman–Crippen MR) is 83.1 cm³/mol. The zero-order chi connectivity index (χ0) is 14.2. The molecule has 1 aromatic rings. The first-order valence-electron chi connectivity index (χ1n) is 7.68. The molecule has 0 saturated carbocycles. The Kier molecular flexibility index (Phi) is 6.06. The molecule has 0 aliphatic heterocycles. The van der Waals surface area contributed by atoms with Crippen LogP contribution in [-0.4, -0.2) is 25.2 Å². The van der Waals surface area contributed by atoms with Crippen LogP contribution in [0, 0.1) is 0 Å². The minimum atomic E-state index is 0.434. The molecule has 0 saturated heterocycles. The molecule has 1 unspecified atom stereocenters. The van der Waals surface area contributed by atoms with Gasteiger partial charge in [-0.25, -0.2) is 4.98 Å². The number of hydrogen-bond donors (Lipinski definition) is 1. The Labute approximate surface area is 122 Å². The predicted octanol–water partition coefficient (Wildman–Crippen LogP) is 3.50. The highest BCUT2D eigenvalue weighted by Gasteiger charge is 2.14. The van der Waals surface area contributed by atoms with Gasteiger partial charge in [0.05, 0.1) is 7.11 Å². The highest BCUT2D eigenvalue weighted by molar-refractivity contribution is 5.22. The molecule has 1 heterocycles. The molecule has 0 bridgehead atoms. The minimum Gasteiger partial charge on any atom is -0.481 e. The second kappa shape index (κ2) is 8.05. The van der Waals surface area contributed by atoms with Crippen molar-refractivity contribution in [2.75, 3.05) is 14.2 Å². The maximum Gasteiger partial charge on any atom is 0.212 e. The molecule has 110 valence electrons. The van der Waals surface area contributed by atoms with Gasteiger partial charge < -0.3 is 10.1 Å². The van der Waals surface area contributed by atoms with Crippen LogP contribution in [0.3, 0.4) is 0 Å². The maximum absolute atomic E-state index is 5.11. The summed E-state index contributed by atoms with van der Waals surface area (Å²) < 4.78 is 5.11. The Morgan fingerprint density at radius 1 is 1.25 bits per heavy atom. The van der Waals surface area contributed by atoms with E-state index in [1.54, 1.807) is 12.7 Å². The van der Waals surface area contributed by atoms with Gasteiger partial charge in [-0.05, 0) is 44.7 Å². The van der Waals surface area contributed by atoms with Gasteiger partial charge in [-0.15, -0.1) is 0 Å². The zero-order valence-electron chi connectivity index (χ0n) is 12.7. The minimum absolute atomic E-state index is 0.434. The third-order valence-corrected chi connectivity index (χ3v) is 4.07. The zero-order valence-corrected chi connectivity index (χ0v) is 12.7. The van der Waals surface area contributed by atoms with Gasteiger partial charge in [0, 0.05) is 18.3 Å². The molecule has 0 spiro atoms. The number of hydrogen-bond acceptors (Lipinski definition) is 3. The van der Waals surface area contributed by atoms with Crippen molar-refractivity contribution in [1.29, 1.82) is 0 Å². The van der Waals surface area contributed by atoms with Crippen molar-refractivity contribution < 1.29 is 4.74 Å². The van der Waals surface area contributed by atoms with Crippen molar-refractivity contribution in [3.8, 4) is 5.88 Å². The Morgan fingerprint density at radius 2 is 2.10 bits per heavy atom. The molecule has 1 aliphatic carbocycles. The van der Waals surface area contributed by atoms with E-state index >= 15 is 0 Å². The largest absolute Gasteiger partial charge is 0.481 e. The second-order valence-corrected chi connectivity index (χ2v) is 5.49. The van der Waals surface area contributed by atoms with Crippen molar-refractivity contribution in [3.05, 3.63) is 35.5 Å². The summed E-state index contributed by atoms with van der Waals surface area (Å²) in [7, 11) is 3.71. The number of ether oxygens (including phenoxy) is 1. The first kappa shape index (κ1) is 15.0. The molecule has 0 radical (unpaired) electrons. The fourth-order valence-corrected chi connectivity index (χ4v) is 2.84. The Hall–Kier alpha value is -1.35. The van der Waals surface area contributed by atoms with Crippen molar-refractivity contribution in [2.45, 2.75) is 51.0 Å². The molecule has 1 aliphatic rings. The van der Waals surface area contributed by atoms with Crippen LogP contribution in [0.15, 0.2) is 30.0 Å². The highest BCUT2D eigenvalue weighted by atomic mass is 16.5. The van der Waals surface area contributed by atoms with Gasteiger partial charge in [0.2, 0.25) is 5.88 Å². The summed E-state index contributed by atoms with van der Waals surface area (Å²) in [4.78, 5) is 4.29. The number of likely N-dealkylation sites (N-methyl/N-ethyl adjacent to an activating group) is 1. The van der Waals surface area contributed by atoms with Crippen LogP contribution in [0.25, 0.3) is 0 Å². The Balaban J connectivity index is 2.02. The third kappa shape index (κ3) is 4.34. The molecule has 1 aromatic heterocycles. The van der Waals surface area contributed by atoms with Gasteiger partial charge in [0.1, 0.15) is 0 Å². The SMILES string of the molecule is CNC(Cc1ccc(OC)nc1)/C1=C/CCCCCC1. The van der Waals surface area contributed by atoms with E-state index in [9.17, 15) is 0 Å². The van der Waals surface area contributed by atoms with E-state index in [0.717, 1.165) is 6.42 Å². The first-order chi connectivity index (χ1) is 9.83. The summed E-state index contributed by atoms with van der Waals surface area (Å²) in [5, 5.41) is 3.47. The van der Waals surface area contributed by atoms with Gasteiger partial charge in [-0.1, -0.05) is 30.6 Å². The average molecular weight is 274 g/mol. The maximum atomic E-state index is 5.11. The lowest BCUT2D eigenvalue weighted by atomic mass is 9.92. The van der Waals surface area contributed by atoms with Crippen molar-refractivity contribution in [1.82, 2.24) is 10.3 Å². The van der Waals surface area contributed by atoms with E-state index in [4.69, 9.17) is 4.74 Å². The number of nitrogens with one attached hydrogen (secondary N) is 1. The van der Waals surface area contributed by atoms with Crippen molar-refractivity contribution in [3.63, 3.8) is 0 Å². The van der Waals surface area contributed by atoms with Crippen LogP contribution in [0.4, 0.5) is 0 Å². The lowest BCUT2D eigenvalue weighted by Crippen LogP contribution is -2.30. The van der Waals surface area contributed by atoms with Crippen LogP contribution >= 0.6 is 0 Å². The summed E-state index contributed by atoms with van der Waals surface area (Å²) in [5.41, 5.74) is 2.83. The van der Waals surface area contributed by atoms with E-state index in [-0.39, 0.29) is 0 Å². The van der Waals surface area contributed by atoms with E-state index in [1.165, 1.54) is 44.1 Å². The summed E-state index contributed by atoms with van der Waals surface area (Å²) in [6.45, 7) is 0. The number of pyridine rings is 1. The van der Waals surface area contributed by atoms with Crippen LogP contribution in [0.1, 0.15) is 44.1 Å². The van der Waals surface area contributed by atoms with Gasteiger partial charge in [-0.2, -0.15) is 0 Å². The number of rotatable bonds is 5. The lowest BCUT2D eigenvalue weighted by molar-refractivity contribution is 0.397. The summed E-state index contributed by atoms with van der Waals surface area (Å²) in [5.74, 6) is 0.680. The summed E-state index contributed by atoms with van der Waals surface area (Å²) in [6, 6.07) is 4.48. The van der Waals surface area contributed by atoms with Crippen LogP contribution in [-0.2, 0) is 6.42 Å². The normalized spacial score (nSPS) is 20.4. The molecular weight excluding hydrogens is 248 g/mol. The molecule has 3 heteroatoms. The molecule has 3 nitrogen and oxygen atoms in total. The van der Waals surface area contributed by atoms with Gasteiger partial charge in [0.15, 0.2) is 0 Å². The molecule has 2 rings (SSSR count). The second-order valence-electron chi connectivity index (χ2n) is 5.49. The molecule has 1 N–H and O–H groups in total. The van der Waals surface area contributed by atoms with Crippen LogP contribution in [0.5, 0.6) is 5.88 Å². The smallest absolute Gasteiger partial charge is 0.212 e.